The predicted octanol–water partition coefficient (Wildman–Crippen LogP) is 2.04. The van der Waals surface area contributed by atoms with Gasteiger partial charge >= 0.3 is 0 Å². The van der Waals surface area contributed by atoms with Crippen molar-refractivity contribution in [2.24, 2.45) is 0 Å². The number of carbonyl (C=O) groups is 1. The lowest BCUT2D eigenvalue weighted by Gasteiger charge is -2.22. The molecule has 4 nitrogen and oxygen atoms in total. The Hall–Kier alpha value is -1.10. The molecule has 0 saturated carbocycles. The SMILES string of the molecule is Cc1c(Cl)cccc1NC(=O)CN1CCC[C@@H]1CO. The molecule has 2 rings (SSSR count). The van der Waals surface area contributed by atoms with E-state index in [1.54, 1.807) is 6.07 Å². The average molecular weight is 283 g/mol. The van der Waals surface area contributed by atoms with Crippen molar-refractivity contribution in [2.45, 2.75) is 25.8 Å². The first kappa shape index (κ1) is 14.3. The number of likely N-dealkylation sites (tertiary alicyclic amines) is 1. The van der Waals surface area contributed by atoms with E-state index < -0.39 is 0 Å². The summed E-state index contributed by atoms with van der Waals surface area (Å²) in [5, 5.41) is 12.8. The molecule has 2 N–H and O–H groups in total. The summed E-state index contributed by atoms with van der Waals surface area (Å²) >= 11 is 6.02. The molecule has 0 radical (unpaired) electrons. The summed E-state index contributed by atoms with van der Waals surface area (Å²) in [7, 11) is 0. The van der Waals surface area contributed by atoms with Crippen LogP contribution in [0.5, 0.6) is 0 Å². The van der Waals surface area contributed by atoms with Crippen LogP contribution in [0.25, 0.3) is 0 Å². The minimum atomic E-state index is -0.0642. The smallest absolute Gasteiger partial charge is 0.238 e. The highest BCUT2D eigenvalue weighted by Crippen LogP contribution is 2.23. The maximum Gasteiger partial charge on any atom is 0.238 e. The highest BCUT2D eigenvalue weighted by atomic mass is 35.5. The fraction of sp³-hybridized carbons (Fsp3) is 0.500. The summed E-state index contributed by atoms with van der Waals surface area (Å²) in [5.41, 5.74) is 1.62. The second-order valence-electron chi connectivity index (χ2n) is 4.91. The molecule has 19 heavy (non-hydrogen) atoms. The highest BCUT2D eigenvalue weighted by Gasteiger charge is 2.25. The molecule has 1 aromatic rings. The van der Waals surface area contributed by atoms with Gasteiger partial charge in [-0.15, -0.1) is 0 Å². The van der Waals surface area contributed by atoms with Crippen LogP contribution in [0.4, 0.5) is 5.69 Å². The molecule has 104 valence electrons. The van der Waals surface area contributed by atoms with Gasteiger partial charge in [0.1, 0.15) is 0 Å². The first-order chi connectivity index (χ1) is 9.11. The van der Waals surface area contributed by atoms with Crippen molar-refractivity contribution in [1.82, 2.24) is 4.90 Å². The van der Waals surface area contributed by atoms with Crippen LogP contribution in [0.2, 0.25) is 5.02 Å². The molecule has 0 bridgehead atoms. The maximum absolute atomic E-state index is 12.0. The van der Waals surface area contributed by atoms with Gasteiger partial charge in [-0.2, -0.15) is 0 Å². The van der Waals surface area contributed by atoms with Gasteiger partial charge in [-0.05, 0) is 44.0 Å². The third-order valence-corrected chi connectivity index (χ3v) is 4.01. The van der Waals surface area contributed by atoms with Gasteiger partial charge < -0.3 is 10.4 Å². The van der Waals surface area contributed by atoms with Gasteiger partial charge in [0.05, 0.1) is 13.2 Å². The number of aliphatic hydroxyl groups is 1. The van der Waals surface area contributed by atoms with Crippen molar-refractivity contribution in [3.05, 3.63) is 28.8 Å². The number of benzene rings is 1. The number of nitrogens with zero attached hydrogens (tertiary/aromatic N) is 1. The number of halogens is 1. The van der Waals surface area contributed by atoms with E-state index in [9.17, 15) is 9.90 Å². The minimum Gasteiger partial charge on any atom is -0.395 e. The van der Waals surface area contributed by atoms with Gasteiger partial charge in [0.15, 0.2) is 0 Å². The van der Waals surface area contributed by atoms with Gasteiger partial charge in [0, 0.05) is 16.8 Å². The van der Waals surface area contributed by atoms with Crippen LogP contribution in [-0.2, 0) is 4.79 Å². The molecule has 1 heterocycles. The topological polar surface area (TPSA) is 52.6 Å². The van der Waals surface area contributed by atoms with E-state index in [2.05, 4.69) is 5.32 Å². The summed E-state index contributed by atoms with van der Waals surface area (Å²) in [6, 6.07) is 5.57. The van der Waals surface area contributed by atoms with E-state index in [0.29, 0.717) is 11.6 Å². The summed E-state index contributed by atoms with van der Waals surface area (Å²) in [5.74, 6) is -0.0642. The quantitative estimate of drug-likeness (QED) is 0.889. The van der Waals surface area contributed by atoms with Crippen molar-refractivity contribution in [1.29, 1.82) is 0 Å². The Morgan fingerprint density at radius 2 is 2.37 bits per heavy atom. The Balaban J connectivity index is 1.96. The number of nitrogens with one attached hydrogen (secondary N) is 1. The molecule has 0 aromatic heterocycles. The van der Waals surface area contributed by atoms with Crippen LogP contribution in [0.3, 0.4) is 0 Å². The molecule has 5 heteroatoms. The van der Waals surface area contributed by atoms with Crippen LogP contribution < -0.4 is 5.32 Å². The lowest BCUT2D eigenvalue weighted by atomic mass is 10.2. The molecule has 1 aliphatic heterocycles. The van der Waals surface area contributed by atoms with Crippen molar-refractivity contribution < 1.29 is 9.90 Å². The number of hydrogen-bond donors (Lipinski definition) is 2. The Morgan fingerprint density at radius 3 is 3.11 bits per heavy atom. The molecular weight excluding hydrogens is 264 g/mol. The van der Waals surface area contributed by atoms with Gasteiger partial charge in [-0.1, -0.05) is 17.7 Å². The Morgan fingerprint density at radius 1 is 1.58 bits per heavy atom. The Kier molecular flexibility index (Phi) is 4.80. The fourth-order valence-electron chi connectivity index (χ4n) is 2.43. The van der Waals surface area contributed by atoms with Crippen molar-refractivity contribution in [3.8, 4) is 0 Å². The lowest BCUT2D eigenvalue weighted by Crippen LogP contribution is -2.38. The first-order valence-electron chi connectivity index (χ1n) is 6.51. The second-order valence-corrected chi connectivity index (χ2v) is 5.32. The van der Waals surface area contributed by atoms with Gasteiger partial charge in [-0.25, -0.2) is 0 Å². The maximum atomic E-state index is 12.0. The van der Waals surface area contributed by atoms with Gasteiger partial charge in [0.25, 0.3) is 0 Å². The fourth-order valence-corrected chi connectivity index (χ4v) is 2.60. The monoisotopic (exact) mass is 282 g/mol. The van der Waals surface area contributed by atoms with Gasteiger partial charge in [0.2, 0.25) is 5.91 Å². The van der Waals surface area contributed by atoms with Crippen LogP contribution in [0.15, 0.2) is 18.2 Å². The molecule has 0 unspecified atom stereocenters. The minimum absolute atomic E-state index is 0.0642. The van der Waals surface area contributed by atoms with Crippen LogP contribution >= 0.6 is 11.6 Å². The van der Waals surface area contributed by atoms with Crippen molar-refractivity contribution in [3.63, 3.8) is 0 Å². The predicted molar refractivity (Wildman–Crippen MR) is 76.5 cm³/mol. The van der Waals surface area contributed by atoms with Crippen LogP contribution in [-0.4, -0.2) is 41.7 Å². The molecule has 1 aromatic carbocycles. The largest absolute Gasteiger partial charge is 0.395 e. The molecule has 1 saturated heterocycles. The number of hydrogen-bond acceptors (Lipinski definition) is 3. The zero-order chi connectivity index (χ0) is 13.8. The Bertz CT molecular complexity index is 465. The third-order valence-electron chi connectivity index (χ3n) is 3.60. The number of aliphatic hydroxyl groups excluding tert-OH is 1. The van der Waals surface area contributed by atoms with E-state index in [-0.39, 0.29) is 18.6 Å². The molecule has 1 atom stereocenters. The number of amides is 1. The normalized spacial score (nSPS) is 19.6. The molecule has 0 aliphatic carbocycles. The molecule has 0 spiro atoms. The lowest BCUT2D eigenvalue weighted by molar-refractivity contribution is -0.117. The van der Waals surface area contributed by atoms with E-state index in [1.807, 2.05) is 24.0 Å². The second kappa shape index (κ2) is 6.37. The third kappa shape index (κ3) is 3.47. The van der Waals surface area contributed by atoms with Crippen LogP contribution in [0.1, 0.15) is 18.4 Å². The van der Waals surface area contributed by atoms with E-state index in [1.165, 1.54) is 0 Å². The highest BCUT2D eigenvalue weighted by molar-refractivity contribution is 6.31. The van der Waals surface area contributed by atoms with E-state index in [0.717, 1.165) is 30.6 Å². The van der Waals surface area contributed by atoms with E-state index in [4.69, 9.17) is 11.6 Å². The number of rotatable bonds is 4. The standard InChI is InChI=1S/C14H19ClN2O2/c1-10-12(15)5-2-6-13(10)16-14(19)8-17-7-3-4-11(17)9-18/h2,5-6,11,18H,3-4,7-9H2,1H3,(H,16,19)/t11-/m1/s1. The number of anilines is 1. The molecule has 1 fully saturated rings. The van der Waals surface area contributed by atoms with Gasteiger partial charge in [-0.3, -0.25) is 9.69 Å². The van der Waals surface area contributed by atoms with E-state index >= 15 is 0 Å². The first-order valence-corrected chi connectivity index (χ1v) is 6.89. The zero-order valence-electron chi connectivity index (χ0n) is 11.0. The molecular formula is C14H19ClN2O2. The Labute approximate surface area is 118 Å². The molecule has 1 aliphatic rings. The average Bonchev–Trinajstić information content (AvgIpc) is 2.82. The summed E-state index contributed by atoms with van der Waals surface area (Å²) in [6.07, 6.45) is 1.99. The van der Waals surface area contributed by atoms with Crippen LogP contribution in [0, 0.1) is 6.92 Å². The number of carbonyl (C=O) groups excluding carboxylic acids is 1. The summed E-state index contributed by atoms with van der Waals surface area (Å²) < 4.78 is 0. The zero-order valence-corrected chi connectivity index (χ0v) is 11.8. The van der Waals surface area contributed by atoms with Crippen molar-refractivity contribution in [2.75, 3.05) is 25.0 Å². The summed E-state index contributed by atoms with van der Waals surface area (Å²) in [6.45, 7) is 3.18. The summed E-state index contributed by atoms with van der Waals surface area (Å²) in [4.78, 5) is 14.0. The molecule has 1 amide bonds. The van der Waals surface area contributed by atoms with Crippen molar-refractivity contribution >= 4 is 23.2 Å².